The number of benzene rings is 1. The molecule has 3 nitrogen and oxygen atoms in total. The molecule has 126 valence electrons. The van der Waals surface area contributed by atoms with E-state index in [1.807, 2.05) is 17.4 Å². The second-order valence-corrected chi connectivity index (χ2v) is 7.93. The van der Waals surface area contributed by atoms with E-state index in [0.717, 1.165) is 45.6 Å². The van der Waals surface area contributed by atoms with Gasteiger partial charge in [0.15, 0.2) is 0 Å². The summed E-state index contributed by atoms with van der Waals surface area (Å²) in [7, 11) is 0. The van der Waals surface area contributed by atoms with Gasteiger partial charge in [0.25, 0.3) is 0 Å². The van der Waals surface area contributed by atoms with Gasteiger partial charge in [0.05, 0.1) is 0 Å². The van der Waals surface area contributed by atoms with Crippen LogP contribution in [0.2, 0.25) is 0 Å². The standard InChI is InChI=1S/C20H24N2OS/c23-20(19-14-18(19)16-6-2-1-3-7-16)22-10-5-9-21(11-12-22)15-17-8-4-13-24-17/h1-4,6-8,13,18-19H,5,9-12,14-15H2/t18-,19-/m0/s1. The van der Waals surface area contributed by atoms with Gasteiger partial charge in [-0.15, -0.1) is 11.3 Å². The van der Waals surface area contributed by atoms with E-state index in [-0.39, 0.29) is 5.92 Å². The van der Waals surface area contributed by atoms with Gasteiger partial charge in [0.2, 0.25) is 5.91 Å². The summed E-state index contributed by atoms with van der Waals surface area (Å²) in [5.41, 5.74) is 1.32. The molecule has 2 atom stereocenters. The molecule has 0 N–H and O–H groups in total. The Morgan fingerprint density at radius 1 is 1.04 bits per heavy atom. The Morgan fingerprint density at radius 3 is 2.71 bits per heavy atom. The van der Waals surface area contributed by atoms with Crippen LogP contribution in [0.1, 0.15) is 29.2 Å². The number of hydrogen-bond acceptors (Lipinski definition) is 3. The summed E-state index contributed by atoms with van der Waals surface area (Å²) in [6, 6.07) is 14.8. The lowest BCUT2D eigenvalue weighted by atomic mass is 10.1. The van der Waals surface area contributed by atoms with Crippen LogP contribution in [0.15, 0.2) is 47.8 Å². The molecular weight excluding hydrogens is 316 g/mol. The third-order valence-electron chi connectivity index (χ3n) is 5.20. The molecule has 2 heterocycles. The molecule has 1 aliphatic heterocycles. The van der Waals surface area contributed by atoms with Crippen molar-refractivity contribution in [1.82, 2.24) is 9.80 Å². The minimum Gasteiger partial charge on any atom is -0.341 e. The lowest BCUT2D eigenvalue weighted by molar-refractivity contribution is -0.132. The van der Waals surface area contributed by atoms with Crippen molar-refractivity contribution in [1.29, 1.82) is 0 Å². The monoisotopic (exact) mass is 340 g/mol. The molecule has 1 amide bonds. The van der Waals surface area contributed by atoms with Gasteiger partial charge in [0.1, 0.15) is 0 Å². The molecule has 0 bridgehead atoms. The van der Waals surface area contributed by atoms with Crippen molar-refractivity contribution in [3.8, 4) is 0 Å². The van der Waals surface area contributed by atoms with Crippen LogP contribution in [0.3, 0.4) is 0 Å². The summed E-state index contributed by atoms with van der Waals surface area (Å²) in [6.07, 6.45) is 2.11. The SMILES string of the molecule is O=C([C@H]1C[C@H]1c1ccccc1)N1CCCN(Cc2cccs2)CC1. The topological polar surface area (TPSA) is 23.6 Å². The van der Waals surface area contributed by atoms with Crippen LogP contribution in [0, 0.1) is 5.92 Å². The number of rotatable bonds is 4. The molecule has 2 aliphatic rings. The highest BCUT2D eigenvalue weighted by atomic mass is 32.1. The van der Waals surface area contributed by atoms with Crippen LogP contribution in [-0.4, -0.2) is 41.9 Å². The number of nitrogens with zero attached hydrogens (tertiary/aromatic N) is 2. The van der Waals surface area contributed by atoms with E-state index in [2.05, 4.69) is 51.6 Å². The van der Waals surface area contributed by atoms with E-state index in [1.54, 1.807) is 0 Å². The van der Waals surface area contributed by atoms with Gasteiger partial charge < -0.3 is 4.90 Å². The molecule has 24 heavy (non-hydrogen) atoms. The van der Waals surface area contributed by atoms with Crippen molar-refractivity contribution in [2.45, 2.75) is 25.3 Å². The van der Waals surface area contributed by atoms with E-state index in [1.165, 1.54) is 10.4 Å². The fourth-order valence-corrected chi connectivity index (χ4v) is 4.49. The zero-order valence-electron chi connectivity index (χ0n) is 13.9. The number of thiophene rings is 1. The van der Waals surface area contributed by atoms with E-state index < -0.39 is 0 Å². The second-order valence-electron chi connectivity index (χ2n) is 6.89. The summed E-state index contributed by atoms with van der Waals surface area (Å²) < 4.78 is 0. The van der Waals surface area contributed by atoms with E-state index in [4.69, 9.17) is 0 Å². The Labute approximate surface area is 147 Å². The maximum Gasteiger partial charge on any atom is 0.226 e. The molecule has 4 rings (SSSR count). The number of carbonyl (C=O) groups excluding carboxylic acids is 1. The minimum absolute atomic E-state index is 0.219. The highest BCUT2D eigenvalue weighted by Gasteiger charge is 2.45. The quantitative estimate of drug-likeness (QED) is 0.849. The lowest BCUT2D eigenvalue weighted by Crippen LogP contribution is -2.36. The molecule has 0 spiro atoms. The Bertz CT molecular complexity index is 670. The highest BCUT2D eigenvalue weighted by molar-refractivity contribution is 7.09. The summed E-state index contributed by atoms with van der Waals surface area (Å²) >= 11 is 1.82. The predicted molar refractivity (Wildman–Crippen MR) is 98.1 cm³/mol. The van der Waals surface area contributed by atoms with Crippen LogP contribution in [-0.2, 0) is 11.3 Å². The lowest BCUT2D eigenvalue weighted by Gasteiger charge is -2.22. The van der Waals surface area contributed by atoms with E-state index in [0.29, 0.717) is 11.8 Å². The Morgan fingerprint density at radius 2 is 1.92 bits per heavy atom. The maximum atomic E-state index is 12.8. The van der Waals surface area contributed by atoms with Crippen molar-refractivity contribution in [3.63, 3.8) is 0 Å². The summed E-state index contributed by atoms with van der Waals surface area (Å²) in [5, 5.41) is 2.14. The Balaban J connectivity index is 1.32. The summed E-state index contributed by atoms with van der Waals surface area (Å²) in [4.78, 5) is 18.8. The molecule has 2 fully saturated rings. The van der Waals surface area contributed by atoms with Gasteiger partial charge in [0, 0.05) is 43.5 Å². The summed E-state index contributed by atoms with van der Waals surface area (Å²) in [6.45, 7) is 4.90. The van der Waals surface area contributed by atoms with Gasteiger partial charge in [-0.3, -0.25) is 9.69 Å². The van der Waals surface area contributed by atoms with E-state index >= 15 is 0 Å². The maximum absolute atomic E-state index is 12.8. The van der Waals surface area contributed by atoms with Crippen LogP contribution >= 0.6 is 11.3 Å². The smallest absolute Gasteiger partial charge is 0.226 e. The zero-order valence-corrected chi connectivity index (χ0v) is 14.8. The van der Waals surface area contributed by atoms with Crippen molar-refractivity contribution in [3.05, 3.63) is 58.3 Å². The van der Waals surface area contributed by atoms with Crippen LogP contribution in [0.25, 0.3) is 0 Å². The third-order valence-corrected chi connectivity index (χ3v) is 6.06. The molecular formula is C20H24N2OS. The molecule has 1 aliphatic carbocycles. The molecule has 2 aromatic rings. The fourth-order valence-electron chi connectivity index (χ4n) is 3.74. The number of amides is 1. The average Bonchev–Trinajstić information content (AvgIpc) is 3.32. The molecule has 1 aromatic carbocycles. The third kappa shape index (κ3) is 3.55. The highest BCUT2D eigenvalue weighted by Crippen LogP contribution is 2.48. The molecule has 0 radical (unpaired) electrons. The Hall–Kier alpha value is -1.65. The Kier molecular flexibility index (Phi) is 4.67. The van der Waals surface area contributed by atoms with Crippen molar-refractivity contribution in [2.24, 2.45) is 5.92 Å². The molecule has 1 saturated heterocycles. The number of carbonyl (C=O) groups is 1. The molecule has 4 heteroatoms. The molecule has 1 saturated carbocycles. The van der Waals surface area contributed by atoms with Gasteiger partial charge in [-0.25, -0.2) is 0 Å². The normalized spacial score (nSPS) is 24.6. The van der Waals surface area contributed by atoms with E-state index in [9.17, 15) is 4.79 Å². The van der Waals surface area contributed by atoms with Crippen LogP contribution in [0.5, 0.6) is 0 Å². The van der Waals surface area contributed by atoms with Crippen molar-refractivity contribution < 1.29 is 4.79 Å². The van der Waals surface area contributed by atoms with Gasteiger partial charge in [-0.1, -0.05) is 36.4 Å². The second kappa shape index (κ2) is 7.08. The minimum atomic E-state index is 0.219. The fraction of sp³-hybridized carbons (Fsp3) is 0.450. The van der Waals surface area contributed by atoms with Crippen LogP contribution in [0.4, 0.5) is 0 Å². The first-order valence-corrected chi connectivity index (χ1v) is 9.78. The molecule has 1 aromatic heterocycles. The van der Waals surface area contributed by atoms with Gasteiger partial charge in [-0.05, 0) is 35.8 Å². The van der Waals surface area contributed by atoms with Crippen molar-refractivity contribution in [2.75, 3.05) is 26.2 Å². The van der Waals surface area contributed by atoms with Gasteiger partial charge >= 0.3 is 0 Å². The zero-order chi connectivity index (χ0) is 16.4. The average molecular weight is 340 g/mol. The predicted octanol–water partition coefficient (Wildman–Crippen LogP) is 3.59. The number of hydrogen-bond donors (Lipinski definition) is 0. The van der Waals surface area contributed by atoms with Crippen LogP contribution < -0.4 is 0 Å². The first kappa shape index (κ1) is 15.9. The largest absolute Gasteiger partial charge is 0.341 e. The first-order valence-electron chi connectivity index (χ1n) is 8.90. The van der Waals surface area contributed by atoms with Crippen molar-refractivity contribution >= 4 is 17.2 Å². The first-order chi connectivity index (χ1) is 11.8. The summed E-state index contributed by atoms with van der Waals surface area (Å²) in [5.74, 6) is 1.04. The molecule has 0 unspecified atom stereocenters. The van der Waals surface area contributed by atoms with Gasteiger partial charge in [-0.2, -0.15) is 0 Å².